The van der Waals surface area contributed by atoms with E-state index in [-0.39, 0.29) is 0 Å². The number of sulfonamides is 1. The zero-order valence-electron chi connectivity index (χ0n) is 17.6. The van der Waals surface area contributed by atoms with E-state index < -0.39 is 21.9 Å². The maximum atomic E-state index is 11.4. The van der Waals surface area contributed by atoms with Crippen LogP contribution in [-0.2, 0) is 14.8 Å². The Kier molecular flexibility index (Phi) is 7.43. The van der Waals surface area contributed by atoms with Crippen molar-refractivity contribution in [2.45, 2.75) is 40.0 Å². The average molecular weight is 420 g/mol. The van der Waals surface area contributed by atoms with Crippen LogP contribution in [0.15, 0.2) is 30.3 Å². The fourth-order valence-electron chi connectivity index (χ4n) is 3.48. The van der Waals surface area contributed by atoms with E-state index in [2.05, 4.69) is 4.72 Å². The van der Waals surface area contributed by atoms with Crippen LogP contribution in [0.3, 0.4) is 0 Å². The first-order valence-corrected chi connectivity index (χ1v) is 11.4. The van der Waals surface area contributed by atoms with E-state index in [1.807, 2.05) is 51.1 Å². The molecule has 0 aromatic heterocycles. The molecule has 0 aliphatic carbocycles. The quantitative estimate of drug-likeness (QED) is 0.604. The summed E-state index contributed by atoms with van der Waals surface area (Å²) in [5.41, 5.74) is 5.96. The fourth-order valence-corrected chi connectivity index (χ4v) is 3.99. The molecule has 0 saturated heterocycles. The number of rotatable bonds is 9. The van der Waals surface area contributed by atoms with Crippen LogP contribution in [0.4, 0.5) is 0 Å². The minimum Gasteiger partial charge on any atom is -0.494 e. The Morgan fingerprint density at radius 1 is 1.17 bits per heavy atom. The summed E-state index contributed by atoms with van der Waals surface area (Å²) in [6.07, 6.45) is 1.70. The zero-order chi connectivity index (χ0) is 21.8. The van der Waals surface area contributed by atoms with E-state index in [9.17, 15) is 18.3 Å². The highest BCUT2D eigenvalue weighted by atomic mass is 32.2. The summed E-state index contributed by atoms with van der Waals surface area (Å²) in [7, 11) is -3.18. The zero-order valence-corrected chi connectivity index (χ0v) is 18.4. The molecule has 0 fully saturated rings. The third-order valence-corrected chi connectivity index (χ3v) is 5.67. The number of nitrogens with one attached hydrogen (secondary N) is 1. The summed E-state index contributed by atoms with van der Waals surface area (Å²) in [5, 5.41) is 9.38. The Morgan fingerprint density at radius 2 is 1.79 bits per heavy atom. The van der Waals surface area contributed by atoms with Gasteiger partial charge in [0.1, 0.15) is 5.75 Å². The van der Waals surface area contributed by atoms with Crippen molar-refractivity contribution in [3.05, 3.63) is 52.6 Å². The number of aliphatic carboxylic acids is 1. The first-order chi connectivity index (χ1) is 13.5. The van der Waals surface area contributed by atoms with Crippen LogP contribution in [0.5, 0.6) is 5.75 Å². The summed E-state index contributed by atoms with van der Waals surface area (Å²) in [6, 6.07) is 9.69. The Bertz CT molecular complexity index is 975. The maximum Gasteiger partial charge on any atom is 0.310 e. The summed E-state index contributed by atoms with van der Waals surface area (Å²) < 4.78 is 30.4. The van der Waals surface area contributed by atoms with E-state index in [1.54, 1.807) is 6.92 Å². The third kappa shape index (κ3) is 6.05. The molecule has 0 spiro atoms. The lowest BCUT2D eigenvalue weighted by molar-refractivity contribution is -0.138. The van der Waals surface area contributed by atoms with Gasteiger partial charge in [0.2, 0.25) is 10.0 Å². The fraction of sp³-hybridized carbons (Fsp3) is 0.409. The number of carboxylic acid groups (broad SMARTS) is 1. The topological polar surface area (TPSA) is 92.7 Å². The monoisotopic (exact) mass is 419 g/mol. The maximum absolute atomic E-state index is 11.4. The number of benzene rings is 2. The molecule has 0 amide bonds. The van der Waals surface area contributed by atoms with Crippen molar-refractivity contribution in [3.63, 3.8) is 0 Å². The van der Waals surface area contributed by atoms with Crippen molar-refractivity contribution in [2.24, 2.45) is 0 Å². The smallest absolute Gasteiger partial charge is 0.310 e. The highest BCUT2D eigenvalue weighted by Crippen LogP contribution is 2.35. The molecule has 0 radical (unpaired) electrons. The average Bonchev–Trinajstić information content (AvgIpc) is 2.60. The van der Waals surface area contributed by atoms with Crippen molar-refractivity contribution >= 4 is 16.0 Å². The molecule has 1 unspecified atom stereocenters. The highest BCUT2D eigenvalue weighted by molar-refractivity contribution is 7.88. The molecule has 6 nitrogen and oxygen atoms in total. The number of ether oxygens (including phenoxy) is 1. The van der Waals surface area contributed by atoms with Gasteiger partial charge >= 0.3 is 5.97 Å². The molecular weight excluding hydrogens is 390 g/mol. The minimum absolute atomic E-state index is 0.336. The van der Waals surface area contributed by atoms with Gasteiger partial charge in [-0.05, 0) is 79.6 Å². The van der Waals surface area contributed by atoms with Crippen molar-refractivity contribution in [3.8, 4) is 16.9 Å². The van der Waals surface area contributed by atoms with Crippen LogP contribution in [0, 0.1) is 20.8 Å². The second-order valence-corrected chi connectivity index (χ2v) is 9.21. The molecule has 1 atom stereocenters. The summed E-state index contributed by atoms with van der Waals surface area (Å²) in [5.74, 6) is -0.678. The molecule has 2 rings (SSSR count). The van der Waals surface area contributed by atoms with Gasteiger partial charge in [0.05, 0.1) is 18.8 Å². The molecule has 2 N–H and O–H groups in total. The van der Waals surface area contributed by atoms with Gasteiger partial charge in [-0.3, -0.25) is 4.79 Å². The summed E-state index contributed by atoms with van der Waals surface area (Å²) >= 11 is 0. The molecule has 0 saturated carbocycles. The number of hydrogen-bond donors (Lipinski definition) is 2. The lowest BCUT2D eigenvalue weighted by Gasteiger charge is -2.19. The highest BCUT2D eigenvalue weighted by Gasteiger charge is 2.19. The molecule has 0 heterocycles. The SMILES string of the molecule is Cc1cc(OCCCNS(C)(=O)=O)cc(C)c1-c1cccc(C(C)C(=O)O)c1C. The molecule has 0 bridgehead atoms. The molecular formula is C22H29NO5S. The Morgan fingerprint density at radius 3 is 2.34 bits per heavy atom. The minimum atomic E-state index is -3.18. The standard InChI is InChI=1S/C22H29NO5S/c1-14-12-18(28-11-7-10-23-29(5,26)27)13-15(2)21(14)20-9-6-8-19(16(20)3)17(4)22(24)25/h6,8-9,12-13,17,23H,7,10-11H2,1-5H3,(H,24,25). The van der Waals surface area contributed by atoms with E-state index >= 15 is 0 Å². The van der Waals surface area contributed by atoms with Crippen LogP contribution in [0.1, 0.15) is 41.5 Å². The first kappa shape index (κ1) is 22.9. The number of carboxylic acids is 1. The molecule has 2 aromatic carbocycles. The lowest BCUT2D eigenvalue weighted by atomic mass is 9.87. The second-order valence-electron chi connectivity index (χ2n) is 7.38. The van der Waals surface area contributed by atoms with Gasteiger partial charge in [-0.1, -0.05) is 18.2 Å². The van der Waals surface area contributed by atoms with Gasteiger partial charge in [0.15, 0.2) is 0 Å². The predicted octanol–water partition coefficient (Wildman–Crippen LogP) is 3.79. The van der Waals surface area contributed by atoms with Gasteiger partial charge in [-0.2, -0.15) is 0 Å². The van der Waals surface area contributed by atoms with Crippen LogP contribution in [-0.4, -0.2) is 38.9 Å². The van der Waals surface area contributed by atoms with Gasteiger partial charge in [0.25, 0.3) is 0 Å². The van der Waals surface area contributed by atoms with Crippen LogP contribution in [0.2, 0.25) is 0 Å². The summed E-state index contributed by atoms with van der Waals surface area (Å²) in [6.45, 7) is 8.42. The summed E-state index contributed by atoms with van der Waals surface area (Å²) in [4.78, 5) is 11.4. The van der Waals surface area contributed by atoms with Crippen LogP contribution < -0.4 is 9.46 Å². The van der Waals surface area contributed by atoms with E-state index in [4.69, 9.17) is 4.74 Å². The predicted molar refractivity (Wildman–Crippen MR) is 115 cm³/mol. The molecule has 7 heteroatoms. The lowest BCUT2D eigenvalue weighted by Crippen LogP contribution is -2.24. The van der Waals surface area contributed by atoms with Gasteiger partial charge < -0.3 is 9.84 Å². The number of hydrogen-bond acceptors (Lipinski definition) is 4. The Hall–Kier alpha value is -2.38. The van der Waals surface area contributed by atoms with Gasteiger partial charge in [0, 0.05) is 6.54 Å². The van der Waals surface area contributed by atoms with Crippen molar-refractivity contribution in [2.75, 3.05) is 19.4 Å². The van der Waals surface area contributed by atoms with E-state index in [1.165, 1.54) is 0 Å². The first-order valence-electron chi connectivity index (χ1n) is 9.52. The number of aryl methyl sites for hydroxylation is 2. The van der Waals surface area contributed by atoms with E-state index in [0.29, 0.717) is 19.6 Å². The van der Waals surface area contributed by atoms with Crippen LogP contribution in [0.25, 0.3) is 11.1 Å². The third-order valence-electron chi connectivity index (χ3n) is 4.94. The Balaban J connectivity index is 2.22. The van der Waals surface area contributed by atoms with Gasteiger partial charge in [-0.15, -0.1) is 0 Å². The van der Waals surface area contributed by atoms with E-state index in [0.717, 1.165) is 45.4 Å². The molecule has 2 aromatic rings. The number of carbonyl (C=O) groups is 1. The van der Waals surface area contributed by atoms with Crippen molar-refractivity contribution in [1.29, 1.82) is 0 Å². The molecule has 0 aliphatic heterocycles. The van der Waals surface area contributed by atoms with Crippen LogP contribution >= 0.6 is 0 Å². The molecule has 158 valence electrons. The molecule has 29 heavy (non-hydrogen) atoms. The normalized spacial score (nSPS) is 12.6. The second kappa shape index (κ2) is 9.41. The van der Waals surface area contributed by atoms with Gasteiger partial charge in [-0.25, -0.2) is 13.1 Å². The largest absolute Gasteiger partial charge is 0.494 e. The molecule has 0 aliphatic rings. The Labute approximate surface area is 173 Å². The van der Waals surface area contributed by atoms with Crippen molar-refractivity contribution < 1.29 is 23.1 Å². The van der Waals surface area contributed by atoms with Crippen molar-refractivity contribution in [1.82, 2.24) is 4.72 Å².